The van der Waals surface area contributed by atoms with Gasteiger partial charge in [-0.1, -0.05) is 41.4 Å². The predicted molar refractivity (Wildman–Crippen MR) is 118 cm³/mol. The van der Waals surface area contributed by atoms with E-state index in [9.17, 15) is 22.4 Å². The van der Waals surface area contributed by atoms with Crippen LogP contribution in [0.3, 0.4) is 0 Å². The first-order chi connectivity index (χ1) is 14.8. The number of allylic oxidation sites excluding steroid dienone is 1. The zero-order valence-corrected chi connectivity index (χ0v) is 18.8. The number of halogens is 6. The van der Waals surface area contributed by atoms with Gasteiger partial charge in [-0.3, -0.25) is 4.57 Å². The van der Waals surface area contributed by atoms with Crippen LogP contribution in [0.1, 0.15) is 37.8 Å². The SMILES string of the molecule is CC(C)(C)OC(=O)n1ccc2cc(C=CC(c3cc(Cl)c(F)c(Cl)c3)C(F)(F)F)ccc21. The van der Waals surface area contributed by atoms with Gasteiger partial charge in [-0.25, -0.2) is 9.18 Å². The first-order valence-electron chi connectivity index (χ1n) is 9.50. The van der Waals surface area contributed by atoms with Crippen molar-refractivity contribution in [2.75, 3.05) is 0 Å². The van der Waals surface area contributed by atoms with Crippen molar-refractivity contribution in [2.24, 2.45) is 0 Å². The summed E-state index contributed by atoms with van der Waals surface area (Å²) in [7, 11) is 0. The van der Waals surface area contributed by atoms with Crippen LogP contribution >= 0.6 is 23.2 Å². The average Bonchev–Trinajstić information content (AvgIpc) is 3.07. The number of fused-ring (bicyclic) bond motifs is 1. The van der Waals surface area contributed by atoms with Crippen LogP contribution in [0.15, 0.2) is 48.7 Å². The van der Waals surface area contributed by atoms with Crippen molar-refractivity contribution in [1.29, 1.82) is 0 Å². The molecule has 9 heteroatoms. The molecule has 1 atom stereocenters. The lowest BCUT2D eigenvalue weighted by Crippen LogP contribution is -2.26. The van der Waals surface area contributed by atoms with E-state index in [1.54, 1.807) is 45.0 Å². The first kappa shape index (κ1) is 24.1. The van der Waals surface area contributed by atoms with Gasteiger partial charge in [0.2, 0.25) is 0 Å². The van der Waals surface area contributed by atoms with Gasteiger partial charge in [-0.2, -0.15) is 13.2 Å². The fraction of sp³-hybridized carbons (Fsp3) is 0.261. The van der Waals surface area contributed by atoms with Gasteiger partial charge in [0.25, 0.3) is 0 Å². The molecule has 0 aliphatic carbocycles. The van der Waals surface area contributed by atoms with Gasteiger partial charge in [-0.05, 0) is 62.2 Å². The number of hydrogen-bond donors (Lipinski definition) is 0. The van der Waals surface area contributed by atoms with Gasteiger partial charge < -0.3 is 4.74 Å². The van der Waals surface area contributed by atoms with E-state index in [4.69, 9.17) is 27.9 Å². The standard InChI is InChI=1S/C23H19Cl2F4NO2/c1-22(2,3)32-21(31)30-9-8-14-10-13(5-7-19(14)30)4-6-16(23(27,28)29)15-11-17(24)20(26)18(25)12-15/h4-12,16H,1-3H3. The van der Waals surface area contributed by atoms with Gasteiger partial charge >= 0.3 is 12.3 Å². The second-order valence-corrected chi connectivity index (χ2v) is 8.98. The summed E-state index contributed by atoms with van der Waals surface area (Å²) in [6, 6.07) is 8.33. The molecule has 2 aromatic carbocycles. The summed E-state index contributed by atoms with van der Waals surface area (Å²) in [6.45, 7) is 5.24. The maximum Gasteiger partial charge on any atom is 0.418 e. The minimum Gasteiger partial charge on any atom is -0.443 e. The summed E-state index contributed by atoms with van der Waals surface area (Å²) in [5.41, 5.74) is 0.0888. The van der Waals surface area contributed by atoms with E-state index in [-0.39, 0.29) is 5.56 Å². The van der Waals surface area contributed by atoms with Crippen molar-refractivity contribution >= 4 is 46.3 Å². The van der Waals surface area contributed by atoms with Gasteiger partial charge in [0.1, 0.15) is 5.60 Å². The average molecular weight is 488 g/mol. The molecule has 0 aliphatic rings. The number of hydrogen-bond acceptors (Lipinski definition) is 2. The summed E-state index contributed by atoms with van der Waals surface area (Å²) in [4.78, 5) is 12.3. The van der Waals surface area contributed by atoms with Crippen molar-refractivity contribution in [3.05, 3.63) is 75.7 Å². The van der Waals surface area contributed by atoms with Crippen LogP contribution in [0.25, 0.3) is 17.0 Å². The van der Waals surface area contributed by atoms with Crippen LogP contribution < -0.4 is 0 Å². The van der Waals surface area contributed by atoms with E-state index < -0.39 is 39.7 Å². The summed E-state index contributed by atoms with van der Waals surface area (Å²) in [5.74, 6) is -3.01. The quantitative estimate of drug-likeness (QED) is 0.275. The van der Waals surface area contributed by atoms with Gasteiger partial charge in [-0.15, -0.1) is 0 Å². The predicted octanol–water partition coefficient (Wildman–Crippen LogP) is 8.23. The zero-order chi connectivity index (χ0) is 23.8. The van der Waals surface area contributed by atoms with Crippen molar-refractivity contribution in [2.45, 2.75) is 38.5 Å². The molecule has 1 heterocycles. The smallest absolute Gasteiger partial charge is 0.418 e. The Morgan fingerprint density at radius 1 is 1.06 bits per heavy atom. The lowest BCUT2D eigenvalue weighted by Gasteiger charge is -2.19. The Kier molecular flexibility index (Phi) is 6.63. The Morgan fingerprint density at radius 3 is 2.25 bits per heavy atom. The third-order valence-electron chi connectivity index (χ3n) is 4.50. The van der Waals surface area contributed by atoms with Crippen molar-refractivity contribution in [3.63, 3.8) is 0 Å². The molecular formula is C23H19Cl2F4NO2. The third kappa shape index (κ3) is 5.45. The number of benzene rings is 2. The van der Waals surface area contributed by atoms with E-state index in [1.807, 2.05) is 0 Å². The molecule has 0 spiro atoms. The summed E-state index contributed by atoms with van der Waals surface area (Å²) in [5, 5.41) is -0.324. The number of carbonyl (C=O) groups is 1. The summed E-state index contributed by atoms with van der Waals surface area (Å²) >= 11 is 11.3. The monoisotopic (exact) mass is 487 g/mol. The molecule has 0 N–H and O–H groups in total. The number of carbonyl (C=O) groups excluding carboxylic acids is 1. The van der Waals surface area contributed by atoms with Gasteiger partial charge in [0.15, 0.2) is 5.82 Å². The maximum absolute atomic E-state index is 13.7. The number of nitrogens with zero attached hydrogens (tertiary/aromatic N) is 1. The van der Waals surface area contributed by atoms with E-state index in [0.717, 1.165) is 18.2 Å². The largest absolute Gasteiger partial charge is 0.443 e. The molecular weight excluding hydrogens is 469 g/mol. The van der Waals surface area contributed by atoms with E-state index in [1.165, 1.54) is 16.8 Å². The van der Waals surface area contributed by atoms with Crippen LogP contribution in [0, 0.1) is 5.82 Å². The highest BCUT2D eigenvalue weighted by Crippen LogP contribution is 2.39. The Hall–Kier alpha value is -2.51. The summed E-state index contributed by atoms with van der Waals surface area (Å²) < 4.78 is 61.3. The molecule has 0 bridgehead atoms. The van der Waals surface area contributed by atoms with Crippen molar-refractivity contribution < 1.29 is 27.1 Å². The molecule has 0 radical (unpaired) electrons. The fourth-order valence-corrected chi connectivity index (χ4v) is 3.61. The van der Waals surface area contributed by atoms with Crippen molar-refractivity contribution in [1.82, 2.24) is 4.57 Å². The molecule has 32 heavy (non-hydrogen) atoms. The molecule has 3 nitrogen and oxygen atoms in total. The second kappa shape index (κ2) is 8.79. The summed E-state index contributed by atoms with van der Waals surface area (Å²) in [6.07, 6.45) is -1.42. The zero-order valence-electron chi connectivity index (χ0n) is 17.3. The topological polar surface area (TPSA) is 31.2 Å². The minimum absolute atomic E-state index is 0.276. The Morgan fingerprint density at radius 2 is 1.69 bits per heavy atom. The molecule has 0 saturated carbocycles. The molecule has 0 aliphatic heterocycles. The third-order valence-corrected chi connectivity index (χ3v) is 5.05. The van der Waals surface area contributed by atoms with Crippen LogP contribution in [0.4, 0.5) is 22.4 Å². The molecule has 1 unspecified atom stereocenters. The molecule has 170 valence electrons. The maximum atomic E-state index is 13.7. The lowest BCUT2D eigenvalue weighted by molar-refractivity contribution is -0.139. The second-order valence-electron chi connectivity index (χ2n) is 8.16. The Bertz CT molecular complexity index is 1170. The molecule has 1 aromatic heterocycles. The van der Waals surface area contributed by atoms with Crippen LogP contribution in [0.2, 0.25) is 10.0 Å². The van der Waals surface area contributed by atoms with Gasteiger partial charge in [0.05, 0.1) is 21.5 Å². The molecule has 3 rings (SSSR count). The molecule has 3 aromatic rings. The molecule has 0 fully saturated rings. The van der Waals surface area contributed by atoms with Crippen molar-refractivity contribution in [3.8, 4) is 0 Å². The van der Waals surface area contributed by atoms with Crippen LogP contribution in [-0.2, 0) is 4.74 Å². The highest BCUT2D eigenvalue weighted by molar-refractivity contribution is 6.35. The van der Waals surface area contributed by atoms with Crippen LogP contribution in [-0.4, -0.2) is 22.4 Å². The molecule has 0 amide bonds. The molecule has 0 saturated heterocycles. The van der Waals surface area contributed by atoms with Crippen LogP contribution in [0.5, 0.6) is 0 Å². The highest BCUT2D eigenvalue weighted by atomic mass is 35.5. The van der Waals surface area contributed by atoms with E-state index in [2.05, 4.69) is 0 Å². The number of aromatic nitrogens is 1. The van der Waals surface area contributed by atoms with E-state index in [0.29, 0.717) is 16.5 Å². The fourth-order valence-electron chi connectivity index (χ4n) is 3.11. The Balaban J connectivity index is 1.93. The lowest BCUT2D eigenvalue weighted by atomic mass is 9.97. The normalized spacial score (nSPS) is 13.7. The number of alkyl halides is 3. The van der Waals surface area contributed by atoms with E-state index >= 15 is 0 Å². The Labute approximate surface area is 192 Å². The highest BCUT2D eigenvalue weighted by Gasteiger charge is 2.39. The first-order valence-corrected chi connectivity index (χ1v) is 10.3. The van der Waals surface area contributed by atoms with Gasteiger partial charge in [0, 0.05) is 11.6 Å². The minimum atomic E-state index is -4.65. The number of ether oxygens (including phenoxy) is 1. The number of rotatable bonds is 3.